The van der Waals surface area contributed by atoms with E-state index in [0.29, 0.717) is 13.0 Å². The van der Waals surface area contributed by atoms with Gasteiger partial charge in [0.2, 0.25) is 0 Å². The van der Waals surface area contributed by atoms with Crippen LogP contribution in [0.15, 0.2) is 46.6 Å². The SMILES string of the molecule is CC1=C(C=Cc2cccc(C(CCN)N=N)c2)C(C)(C)CCC1. The normalized spacial score (nSPS) is 19.1. The molecule has 3 N–H and O–H groups in total. The van der Waals surface area contributed by atoms with Crippen LogP contribution in [0.25, 0.3) is 6.08 Å². The molecule has 0 amide bonds. The summed E-state index contributed by atoms with van der Waals surface area (Å²) in [5, 5.41) is 3.71. The molecule has 0 saturated heterocycles. The standard InChI is InChI=1S/C20H29N3/c1-15-6-5-12-20(2,3)18(15)10-9-16-7-4-8-17(14-16)19(23-22)11-13-21/h4,7-10,14,19,22H,5-6,11-13,21H2,1-3H3. The molecule has 0 spiro atoms. The number of benzene rings is 1. The maximum Gasteiger partial charge on any atom is 0.0967 e. The van der Waals surface area contributed by atoms with Crippen molar-refractivity contribution in [1.82, 2.24) is 0 Å². The third-order valence-electron chi connectivity index (χ3n) is 4.88. The molecule has 1 aliphatic rings. The van der Waals surface area contributed by atoms with Gasteiger partial charge in [0.25, 0.3) is 0 Å². The lowest BCUT2D eigenvalue weighted by Crippen LogP contribution is -2.18. The van der Waals surface area contributed by atoms with Crippen molar-refractivity contribution >= 4 is 6.08 Å². The summed E-state index contributed by atoms with van der Waals surface area (Å²) >= 11 is 0. The molecule has 0 aliphatic heterocycles. The summed E-state index contributed by atoms with van der Waals surface area (Å²) < 4.78 is 0. The van der Waals surface area contributed by atoms with E-state index in [-0.39, 0.29) is 11.5 Å². The third kappa shape index (κ3) is 4.38. The number of nitrogens with zero attached hydrogens (tertiary/aromatic N) is 1. The van der Waals surface area contributed by atoms with E-state index < -0.39 is 0 Å². The second-order valence-electron chi connectivity index (χ2n) is 7.16. The summed E-state index contributed by atoms with van der Waals surface area (Å²) in [5.74, 6) is 0. The van der Waals surface area contributed by atoms with Gasteiger partial charge in [-0.1, -0.05) is 49.8 Å². The second-order valence-corrected chi connectivity index (χ2v) is 7.16. The van der Waals surface area contributed by atoms with E-state index in [1.807, 2.05) is 12.1 Å². The monoisotopic (exact) mass is 311 g/mol. The average molecular weight is 311 g/mol. The van der Waals surface area contributed by atoms with Crippen molar-refractivity contribution in [3.8, 4) is 0 Å². The largest absolute Gasteiger partial charge is 0.330 e. The van der Waals surface area contributed by atoms with Gasteiger partial charge in [0, 0.05) is 0 Å². The molecule has 0 bridgehead atoms. The molecule has 124 valence electrons. The van der Waals surface area contributed by atoms with Crippen molar-refractivity contribution < 1.29 is 0 Å². The van der Waals surface area contributed by atoms with E-state index in [9.17, 15) is 0 Å². The van der Waals surface area contributed by atoms with Crippen LogP contribution in [0, 0.1) is 10.9 Å². The fourth-order valence-corrected chi connectivity index (χ4v) is 3.52. The van der Waals surface area contributed by atoms with Gasteiger partial charge in [-0.25, -0.2) is 5.53 Å². The van der Waals surface area contributed by atoms with Crippen LogP contribution in [0.2, 0.25) is 0 Å². The molecule has 3 nitrogen and oxygen atoms in total. The topological polar surface area (TPSA) is 62.2 Å². The first-order valence-electron chi connectivity index (χ1n) is 8.53. The van der Waals surface area contributed by atoms with Crippen LogP contribution in [0.5, 0.6) is 0 Å². The molecular weight excluding hydrogens is 282 g/mol. The number of hydrogen-bond donors (Lipinski definition) is 2. The van der Waals surface area contributed by atoms with Gasteiger partial charge in [0.15, 0.2) is 0 Å². The van der Waals surface area contributed by atoms with Crippen LogP contribution in [0.4, 0.5) is 0 Å². The molecule has 2 rings (SSSR count). The Bertz CT molecular complexity index is 611. The van der Waals surface area contributed by atoms with Crippen molar-refractivity contribution in [2.24, 2.45) is 16.3 Å². The van der Waals surface area contributed by atoms with Gasteiger partial charge in [-0.15, -0.1) is 0 Å². The summed E-state index contributed by atoms with van der Waals surface area (Å²) in [6, 6.07) is 8.18. The van der Waals surface area contributed by atoms with Crippen LogP contribution >= 0.6 is 0 Å². The Morgan fingerprint density at radius 3 is 2.78 bits per heavy atom. The Kier molecular flexibility index (Phi) is 5.89. The van der Waals surface area contributed by atoms with Crippen LogP contribution in [-0.4, -0.2) is 6.54 Å². The van der Waals surface area contributed by atoms with Gasteiger partial charge in [-0.05, 0) is 67.3 Å². The number of allylic oxidation sites excluding steroid dienone is 3. The predicted molar refractivity (Wildman–Crippen MR) is 97.4 cm³/mol. The first-order valence-corrected chi connectivity index (χ1v) is 8.53. The van der Waals surface area contributed by atoms with Gasteiger partial charge < -0.3 is 5.73 Å². The highest BCUT2D eigenvalue weighted by Crippen LogP contribution is 2.41. The summed E-state index contributed by atoms with van der Waals surface area (Å²) in [5.41, 5.74) is 18.4. The van der Waals surface area contributed by atoms with E-state index in [0.717, 1.165) is 11.1 Å². The molecule has 1 aromatic carbocycles. The zero-order chi connectivity index (χ0) is 16.9. The molecule has 0 aromatic heterocycles. The van der Waals surface area contributed by atoms with Gasteiger partial charge in [-0.2, -0.15) is 5.11 Å². The lowest BCUT2D eigenvalue weighted by Gasteiger charge is -2.32. The summed E-state index contributed by atoms with van der Waals surface area (Å²) in [6.07, 6.45) is 8.94. The molecular formula is C20H29N3. The van der Waals surface area contributed by atoms with Gasteiger partial charge >= 0.3 is 0 Å². The quantitative estimate of drug-likeness (QED) is 0.655. The van der Waals surface area contributed by atoms with Crippen molar-refractivity contribution in [2.75, 3.05) is 6.54 Å². The number of hydrogen-bond acceptors (Lipinski definition) is 3. The summed E-state index contributed by atoms with van der Waals surface area (Å²) in [4.78, 5) is 0. The second kappa shape index (κ2) is 7.69. The maximum atomic E-state index is 7.36. The van der Waals surface area contributed by atoms with E-state index >= 15 is 0 Å². The minimum atomic E-state index is -0.125. The Morgan fingerprint density at radius 2 is 2.13 bits per heavy atom. The fraction of sp³-hybridized carbons (Fsp3) is 0.500. The molecule has 0 radical (unpaired) electrons. The Morgan fingerprint density at radius 1 is 1.35 bits per heavy atom. The minimum Gasteiger partial charge on any atom is -0.330 e. The first-order chi connectivity index (χ1) is 11.0. The molecule has 3 heteroatoms. The molecule has 23 heavy (non-hydrogen) atoms. The zero-order valence-corrected chi connectivity index (χ0v) is 14.6. The van der Waals surface area contributed by atoms with Crippen LogP contribution in [-0.2, 0) is 0 Å². The molecule has 0 saturated carbocycles. The highest BCUT2D eigenvalue weighted by molar-refractivity contribution is 5.55. The highest BCUT2D eigenvalue weighted by Gasteiger charge is 2.26. The van der Waals surface area contributed by atoms with Gasteiger partial charge in [0.1, 0.15) is 0 Å². The van der Waals surface area contributed by atoms with Crippen molar-refractivity contribution in [1.29, 1.82) is 5.53 Å². The molecule has 1 unspecified atom stereocenters. The summed E-state index contributed by atoms with van der Waals surface area (Å²) in [7, 11) is 0. The summed E-state index contributed by atoms with van der Waals surface area (Å²) in [6.45, 7) is 7.48. The predicted octanol–water partition coefficient (Wildman–Crippen LogP) is 5.65. The molecule has 1 aliphatic carbocycles. The van der Waals surface area contributed by atoms with E-state index in [4.69, 9.17) is 11.3 Å². The van der Waals surface area contributed by atoms with Crippen LogP contribution < -0.4 is 5.73 Å². The third-order valence-corrected chi connectivity index (χ3v) is 4.88. The smallest absolute Gasteiger partial charge is 0.0967 e. The fourth-order valence-electron chi connectivity index (χ4n) is 3.52. The van der Waals surface area contributed by atoms with E-state index in [1.54, 1.807) is 0 Å². The van der Waals surface area contributed by atoms with Gasteiger partial charge in [0.05, 0.1) is 6.04 Å². The molecule has 0 heterocycles. The lowest BCUT2D eigenvalue weighted by atomic mass is 9.72. The number of rotatable bonds is 6. The van der Waals surface area contributed by atoms with Crippen molar-refractivity contribution in [2.45, 2.75) is 52.5 Å². The average Bonchev–Trinajstić information content (AvgIpc) is 2.52. The maximum absolute atomic E-state index is 7.36. The molecule has 1 aromatic rings. The number of nitrogens with one attached hydrogen (secondary N) is 1. The van der Waals surface area contributed by atoms with Crippen molar-refractivity contribution in [3.05, 3.63) is 52.6 Å². The molecule has 1 atom stereocenters. The Labute approximate surface area is 140 Å². The Balaban J connectivity index is 2.25. The van der Waals surface area contributed by atoms with Gasteiger partial charge in [-0.3, -0.25) is 0 Å². The Hall–Kier alpha value is -1.74. The van der Waals surface area contributed by atoms with Crippen LogP contribution in [0.3, 0.4) is 0 Å². The highest BCUT2D eigenvalue weighted by atomic mass is 15.0. The molecule has 0 fully saturated rings. The van der Waals surface area contributed by atoms with Crippen molar-refractivity contribution in [3.63, 3.8) is 0 Å². The van der Waals surface area contributed by atoms with E-state index in [1.165, 1.54) is 30.4 Å². The first kappa shape index (κ1) is 17.6. The lowest BCUT2D eigenvalue weighted by molar-refractivity contribution is 0.377. The van der Waals surface area contributed by atoms with E-state index in [2.05, 4.69) is 50.2 Å². The zero-order valence-electron chi connectivity index (χ0n) is 14.6. The number of nitrogens with two attached hydrogens (primary N) is 1. The van der Waals surface area contributed by atoms with Crippen LogP contribution in [0.1, 0.15) is 63.6 Å². The minimum absolute atomic E-state index is 0.125.